The molecule has 1 saturated carbocycles. The van der Waals surface area contributed by atoms with Crippen molar-refractivity contribution in [2.45, 2.75) is 38.6 Å². The average molecular weight is 324 g/mol. The summed E-state index contributed by atoms with van der Waals surface area (Å²) in [7, 11) is 0. The molecule has 4 heteroatoms. The van der Waals surface area contributed by atoms with E-state index >= 15 is 0 Å². The Balaban J connectivity index is 1.48. The molecule has 3 rings (SSSR count). The SMILES string of the molecule is CCOC(=O)CCNCc1ccc(-c2ccc(C3CC3)nc2)cc1. The number of hydrogen-bond acceptors (Lipinski definition) is 4. The highest BCUT2D eigenvalue weighted by Gasteiger charge is 2.24. The monoisotopic (exact) mass is 324 g/mol. The van der Waals surface area contributed by atoms with Crippen LogP contribution in [0.25, 0.3) is 11.1 Å². The van der Waals surface area contributed by atoms with Crippen molar-refractivity contribution in [3.05, 3.63) is 53.9 Å². The molecule has 1 aromatic heterocycles. The summed E-state index contributed by atoms with van der Waals surface area (Å²) in [6, 6.07) is 12.8. The van der Waals surface area contributed by atoms with Gasteiger partial charge in [-0.1, -0.05) is 30.3 Å². The summed E-state index contributed by atoms with van der Waals surface area (Å²) in [5.41, 5.74) is 4.76. The Bertz CT molecular complexity index is 661. The molecule has 1 aliphatic carbocycles. The van der Waals surface area contributed by atoms with Crippen molar-refractivity contribution in [1.82, 2.24) is 10.3 Å². The average Bonchev–Trinajstić information content (AvgIpc) is 3.45. The van der Waals surface area contributed by atoms with E-state index < -0.39 is 0 Å². The molecule has 0 aliphatic heterocycles. The molecule has 1 N–H and O–H groups in total. The Hall–Kier alpha value is -2.20. The van der Waals surface area contributed by atoms with Gasteiger partial charge in [0.25, 0.3) is 0 Å². The van der Waals surface area contributed by atoms with Crippen molar-refractivity contribution in [1.29, 1.82) is 0 Å². The fraction of sp³-hybridized carbons (Fsp3) is 0.400. The van der Waals surface area contributed by atoms with E-state index in [0.29, 0.717) is 25.5 Å². The summed E-state index contributed by atoms with van der Waals surface area (Å²) >= 11 is 0. The van der Waals surface area contributed by atoms with Gasteiger partial charge in [0.1, 0.15) is 0 Å². The number of nitrogens with zero attached hydrogens (tertiary/aromatic N) is 1. The number of carbonyl (C=O) groups excluding carboxylic acids is 1. The third-order valence-corrected chi connectivity index (χ3v) is 4.21. The first-order valence-electron chi connectivity index (χ1n) is 8.68. The van der Waals surface area contributed by atoms with Crippen LogP contribution in [0.5, 0.6) is 0 Å². The largest absolute Gasteiger partial charge is 0.466 e. The maximum atomic E-state index is 11.3. The Morgan fingerprint density at radius 3 is 2.54 bits per heavy atom. The molecule has 1 aromatic carbocycles. The Morgan fingerprint density at radius 1 is 1.17 bits per heavy atom. The molecule has 0 atom stereocenters. The molecule has 1 aliphatic rings. The molecule has 0 bridgehead atoms. The standard InChI is InChI=1S/C20H24N2O2/c1-2-24-20(23)11-12-21-13-15-3-5-16(6-4-15)18-9-10-19(22-14-18)17-7-8-17/h3-6,9-10,14,17,21H,2,7-8,11-13H2,1H3. The second kappa shape index (κ2) is 8.06. The number of rotatable bonds is 8. The molecule has 2 aromatic rings. The molecule has 0 unspecified atom stereocenters. The molecular weight excluding hydrogens is 300 g/mol. The van der Waals surface area contributed by atoms with E-state index in [9.17, 15) is 4.79 Å². The fourth-order valence-electron chi connectivity index (χ4n) is 2.67. The summed E-state index contributed by atoms with van der Waals surface area (Å²) in [5.74, 6) is 0.546. The van der Waals surface area contributed by atoms with E-state index in [0.717, 1.165) is 12.1 Å². The van der Waals surface area contributed by atoms with Gasteiger partial charge in [-0.3, -0.25) is 9.78 Å². The van der Waals surface area contributed by atoms with Crippen LogP contribution in [0.4, 0.5) is 0 Å². The summed E-state index contributed by atoms with van der Waals surface area (Å²) in [6.45, 7) is 3.64. The van der Waals surface area contributed by atoms with Gasteiger partial charge in [0.05, 0.1) is 13.0 Å². The predicted molar refractivity (Wildman–Crippen MR) is 94.6 cm³/mol. The quantitative estimate of drug-likeness (QED) is 0.594. The fourth-order valence-corrected chi connectivity index (χ4v) is 2.67. The predicted octanol–water partition coefficient (Wildman–Crippen LogP) is 3.67. The third-order valence-electron chi connectivity index (χ3n) is 4.21. The number of pyridine rings is 1. The van der Waals surface area contributed by atoms with Gasteiger partial charge in [0, 0.05) is 36.5 Å². The van der Waals surface area contributed by atoms with E-state index in [1.54, 1.807) is 0 Å². The van der Waals surface area contributed by atoms with Gasteiger partial charge in [-0.25, -0.2) is 0 Å². The van der Waals surface area contributed by atoms with Gasteiger partial charge in [-0.05, 0) is 37.0 Å². The van der Waals surface area contributed by atoms with Gasteiger partial charge in [0.15, 0.2) is 0 Å². The topological polar surface area (TPSA) is 51.2 Å². The van der Waals surface area contributed by atoms with Crippen molar-refractivity contribution in [2.24, 2.45) is 0 Å². The van der Waals surface area contributed by atoms with Gasteiger partial charge < -0.3 is 10.1 Å². The molecule has 0 amide bonds. The minimum absolute atomic E-state index is 0.150. The summed E-state index contributed by atoms with van der Waals surface area (Å²) < 4.78 is 4.90. The highest BCUT2D eigenvalue weighted by molar-refractivity contribution is 5.69. The summed E-state index contributed by atoms with van der Waals surface area (Å²) in [6.07, 6.45) is 4.94. The van der Waals surface area contributed by atoms with Gasteiger partial charge in [-0.15, -0.1) is 0 Å². The van der Waals surface area contributed by atoms with Crippen molar-refractivity contribution >= 4 is 5.97 Å². The van der Waals surface area contributed by atoms with Crippen LogP contribution in [0.3, 0.4) is 0 Å². The molecule has 126 valence electrons. The van der Waals surface area contributed by atoms with Crippen LogP contribution in [0.15, 0.2) is 42.6 Å². The Labute approximate surface area is 143 Å². The molecular formula is C20H24N2O2. The smallest absolute Gasteiger partial charge is 0.307 e. The van der Waals surface area contributed by atoms with Crippen LogP contribution in [0, 0.1) is 0 Å². The number of nitrogens with one attached hydrogen (secondary N) is 1. The number of aromatic nitrogens is 1. The van der Waals surface area contributed by atoms with E-state index in [2.05, 4.69) is 46.7 Å². The number of hydrogen-bond donors (Lipinski definition) is 1. The molecule has 1 heterocycles. The van der Waals surface area contributed by atoms with Crippen molar-refractivity contribution in [2.75, 3.05) is 13.2 Å². The highest BCUT2D eigenvalue weighted by atomic mass is 16.5. The van der Waals surface area contributed by atoms with Gasteiger partial charge in [0.2, 0.25) is 0 Å². The summed E-state index contributed by atoms with van der Waals surface area (Å²) in [5, 5.41) is 3.26. The van der Waals surface area contributed by atoms with Crippen molar-refractivity contribution in [3.63, 3.8) is 0 Å². The minimum atomic E-state index is -0.150. The number of carbonyl (C=O) groups is 1. The van der Waals surface area contributed by atoms with Crippen LogP contribution in [0.1, 0.15) is 43.4 Å². The molecule has 24 heavy (non-hydrogen) atoms. The first-order valence-corrected chi connectivity index (χ1v) is 8.68. The molecule has 0 radical (unpaired) electrons. The molecule has 0 spiro atoms. The van der Waals surface area contributed by atoms with E-state index in [1.165, 1.54) is 29.7 Å². The van der Waals surface area contributed by atoms with Crippen LogP contribution in [0.2, 0.25) is 0 Å². The van der Waals surface area contributed by atoms with Crippen molar-refractivity contribution in [3.8, 4) is 11.1 Å². The number of esters is 1. The lowest BCUT2D eigenvalue weighted by molar-refractivity contribution is -0.142. The zero-order valence-electron chi connectivity index (χ0n) is 14.1. The first kappa shape index (κ1) is 16.7. The second-order valence-electron chi connectivity index (χ2n) is 6.17. The lowest BCUT2D eigenvalue weighted by Gasteiger charge is -2.07. The van der Waals surface area contributed by atoms with E-state index in [4.69, 9.17) is 4.74 Å². The molecule has 1 fully saturated rings. The third kappa shape index (κ3) is 4.65. The number of benzene rings is 1. The second-order valence-corrected chi connectivity index (χ2v) is 6.17. The van der Waals surface area contributed by atoms with Crippen LogP contribution in [-0.4, -0.2) is 24.1 Å². The van der Waals surface area contributed by atoms with Crippen molar-refractivity contribution < 1.29 is 9.53 Å². The lowest BCUT2D eigenvalue weighted by atomic mass is 10.0. The summed E-state index contributed by atoms with van der Waals surface area (Å²) in [4.78, 5) is 15.8. The van der Waals surface area contributed by atoms with Gasteiger partial charge >= 0.3 is 5.97 Å². The van der Waals surface area contributed by atoms with Crippen LogP contribution < -0.4 is 5.32 Å². The molecule has 4 nitrogen and oxygen atoms in total. The van der Waals surface area contributed by atoms with E-state index in [-0.39, 0.29) is 5.97 Å². The minimum Gasteiger partial charge on any atom is -0.466 e. The zero-order chi connectivity index (χ0) is 16.8. The van der Waals surface area contributed by atoms with Gasteiger partial charge in [-0.2, -0.15) is 0 Å². The van der Waals surface area contributed by atoms with E-state index in [1.807, 2.05) is 13.1 Å². The zero-order valence-corrected chi connectivity index (χ0v) is 14.1. The normalized spacial score (nSPS) is 13.7. The number of ether oxygens (including phenoxy) is 1. The lowest BCUT2D eigenvalue weighted by Crippen LogP contribution is -2.18. The Morgan fingerprint density at radius 2 is 1.92 bits per heavy atom. The maximum absolute atomic E-state index is 11.3. The highest BCUT2D eigenvalue weighted by Crippen LogP contribution is 2.39. The van der Waals surface area contributed by atoms with Crippen LogP contribution >= 0.6 is 0 Å². The van der Waals surface area contributed by atoms with Crippen LogP contribution in [-0.2, 0) is 16.1 Å². The Kier molecular flexibility index (Phi) is 5.59. The maximum Gasteiger partial charge on any atom is 0.307 e. The molecule has 0 saturated heterocycles. The first-order chi connectivity index (χ1) is 11.8.